The molecule has 1 amide bonds. The minimum absolute atomic E-state index is 0.100. The highest BCUT2D eigenvalue weighted by Crippen LogP contribution is 2.35. The van der Waals surface area contributed by atoms with Crippen LogP contribution in [0.2, 0.25) is 0 Å². The molecule has 0 radical (unpaired) electrons. The molecule has 32 heavy (non-hydrogen) atoms. The smallest absolute Gasteiger partial charge is 0.255 e. The van der Waals surface area contributed by atoms with Crippen molar-refractivity contribution in [3.05, 3.63) is 77.6 Å². The van der Waals surface area contributed by atoms with Crippen molar-refractivity contribution < 1.29 is 9.18 Å². The van der Waals surface area contributed by atoms with Crippen molar-refractivity contribution in [3.63, 3.8) is 0 Å². The van der Waals surface area contributed by atoms with Gasteiger partial charge >= 0.3 is 0 Å². The van der Waals surface area contributed by atoms with Crippen LogP contribution >= 0.6 is 0 Å². The number of halogens is 1. The van der Waals surface area contributed by atoms with Gasteiger partial charge < -0.3 is 14.8 Å². The summed E-state index contributed by atoms with van der Waals surface area (Å²) in [4.78, 5) is 19.8. The normalized spacial score (nSPS) is 11.2. The van der Waals surface area contributed by atoms with Crippen LogP contribution in [0.1, 0.15) is 35.8 Å². The Labute approximate surface area is 187 Å². The number of benzene rings is 3. The summed E-state index contributed by atoms with van der Waals surface area (Å²) >= 11 is 0. The van der Waals surface area contributed by atoms with Gasteiger partial charge in [-0.2, -0.15) is 0 Å². The fourth-order valence-corrected chi connectivity index (χ4v) is 3.90. The molecule has 0 saturated heterocycles. The summed E-state index contributed by atoms with van der Waals surface area (Å²) in [5.74, 6) is 0.183. The van der Waals surface area contributed by atoms with Crippen LogP contribution in [-0.4, -0.2) is 29.6 Å². The molecule has 4 aromatic rings. The molecule has 5 nitrogen and oxygen atoms in total. The van der Waals surface area contributed by atoms with Gasteiger partial charge in [-0.05, 0) is 68.8 Å². The van der Waals surface area contributed by atoms with Gasteiger partial charge in [0.25, 0.3) is 5.91 Å². The Balaban J connectivity index is 1.79. The Hall–Kier alpha value is -3.67. The molecular formula is C26H27FN4O. The summed E-state index contributed by atoms with van der Waals surface area (Å²) < 4.78 is 15.9. The standard InChI is InChI=1S/C26H27FN4O/c1-16(2)31-23-14-11-19(27)15-22(23)28-25(31)21-8-6-7-17(3)24(21)29-26(32)18-9-12-20(13-10-18)30(4)5/h6-16H,1-5H3,(H,29,32). The maximum atomic E-state index is 13.9. The first-order chi connectivity index (χ1) is 15.3. The zero-order valence-corrected chi connectivity index (χ0v) is 19.0. The molecule has 1 N–H and O–H groups in total. The first kappa shape index (κ1) is 21.6. The molecule has 0 aliphatic rings. The highest BCUT2D eigenvalue weighted by molar-refractivity contribution is 6.07. The molecule has 1 aromatic heterocycles. The van der Waals surface area contributed by atoms with E-state index >= 15 is 0 Å². The van der Waals surface area contributed by atoms with Crippen molar-refractivity contribution in [1.82, 2.24) is 9.55 Å². The lowest BCUT2D eigenvalue weighted by Gasteiger charge is -2.18. The summed E-state index contributed by atoms with van der Waals surface area (Å²) in [6.07, 6.45) is 0. The minimum atomic E-state index is -0.323. The molecule has 3 aromatic carbocycles. The second-order valence-electron chi connectivity index (χ2n) is 8.43. The molecule has 0 saturated carbocycles. The predicted molar refractivity (Wildman–Crippen MR) is 129 cm³/mol. The van der Waals surface area contributed by atoms with Crippen molar-refractivity contribution in [2.75, 3.05) is 24.3 Å². The lowest BCUT2D eigenvalue weighted by atomic mass is 10.1. The number of hydrogen-bond donors (Lipinski definition) is 1. The summed E-state index contributed by atoms with van der Waals surface area (Å²) in [7, 11) is 3.92. The van der Waals surface area contributed by atoms with E-state index in [1.54, 1.807) is 6.07 Å². The van der Waals surface area contributed by atoms with E-state index in [0.29, 0.717) is 22.6 Å². The number of nitrogens with one attached hydrogen (secondary N) is 1. The molecule has 0 spiro atoms. The molecular weight excluding hydrogens is 403 g/mol. The Morgan fingerprint density at radius 2 is 1.78 bits per heavy atom. The van der Waals surface area contributed by atoms with Gasteiger partial charge in [-0.3, -0.25) is 4.79 Å². The molecule has 164 valence electrons. The number of nitrogens with zero attached hydrogens (tertiary/aromatic N) is 3. The zero-order valence-electron chi connectivity index (χ0n) is 19.0. The number of anilines is 2. The Morgan fingerprint density at radius 3 is 2.44 bits per heavy atom. The van der Waals surface area contributed by atoms with Crippen LogP contribution in [0, 0.1) is 12.7 Å². The zero-order chi connectivity index (χ0) is 23.0. The largest absolute Gasteiger partial charge is 0.378 e. The number of carbonyl (C=O) groups excluding carboxylic acids is 1. The maximum absolute atomic E-state index is 13.9. The first-order valence-corrected chi connectivity index (χ1v) is 10.6. The number of carbonyl (C=O) groups is 1. The second-order valence-corrected chi connectivity index (χ2v) is 8.43. The SMILES string of the molecule is Cc1cccc(-c2nc3cc(F)ccc3n2C(C)C)c1NC(=O)c1ccc(N(C)C)cc1. The Kier molecular flexibility index (Phi) is 5.70. The van der Waals surface area contributed by atoms with Gasteiger partial charge in [-0.15, -0.1) is 0 Å². The second kappa shape index (κ2) is 8.46. The number of fused-ring (bicyclic) bond motifs is 1. The van der Waals surface area contributed by atoms with Crippen LogP contribution < -0.4 is 10.2 Å². The summed E-state index contributed by atoms with van der Waals surface area (Å²) in [6.45, 7) is 6.08. The van der Waals surface area contributed by atoms with E-state index in [1.807, 2.05) is 68.4 Å². The topological polar surface area (TPSA) is 50.2 Å². The summed E-state index contributed by atoms with van der Waals surface area (Å²) in [6, 6.07) is 18.0. The monoisotopic (exact) mass is 430 g/mol. The molecule has 0 bridgehead atoms. The van der Waals surface area contributed by atoms with Gasteiger partial charge in [0.05, 0.1) is 16.7 Å². The lowest BCUT2D eigenvalue weighted by Crippen LogP contribution is -2.15. The van der Waals surface area contributed by atoms with E-state index in [9.17, 15) is 9.18 Å². The third kappa shape index (κ3) is 3.96. The summed E-state index contributed by atoms with van der Waals surface area (Å²) in [5, 5.41) is 3.08. The van der Waals surface area contributed by atoms with Crippen molar-refractivity contribution in [3.8, 4) is 11.4 Å². The van der Waals surface area contributed by atoms with Crippen LogP contribution in [0.15, 0.2) is 60.7 Å². The average Bonchev–Trinajstić information content (AvgIpc) is 3.13. The minimum Gasteiger partial charge on any atom is -0.378 e. The molecule has 0 aliphatic heterocycles. The highest BCUT2D eigenvalue weighted by atomic mass is 19.1. The van der Waals surface area contributed by atoms with Crippen LogP contribution in [-0.2, 0) is 0 Å². The van der Waals surface area contributed by atoms with Gasteiger partial charge in [-0.1, -0.05) is 12.1 Å². The average molecular weight is 431 g/mol. The molecule has 4 rings (SSSR count). The number of aromatic nitrogens is 2. The van der Waals surface area contributed by atoms with Crippen molar-refractivity contribution in [1.29, 1.82) is 0 Å². The van der Waals surface area contributed by atoms with Crippen molar-refractivity contribution in [2.45, 2.75) is 26.8 Å². The Morgan fingerprint density at radius 1 is 1.06 bits per heavy atom. The molecule has 0 unspecified atom stereocenters. The number of imidazole rings is 1. The summed E-state index contributed by atoms with van der Waals surface area (Å²) in [5.41, 5.74) is 5.47. The van der Waals surface area contributed by atoms with Crippen LogP contribution in [0.3, 0.4) is 0 Å². The molecule has 0 fully saturated rings. The van der Waals surface area contributed by atoms with Crippen molar-refractivity contribution >= 4 is 28.3 Å². The maximum Gasteiger partial charge on any atom is 0.255 e. The van der Waals surface area contributed by atoms with Crippen LogP contribution in [0.25, 0.3) is 22.4 Å². The number of hydrogen-bond acceptors (Lipinski definition) is 3. The van der Waals surface area contributed by atoms with Crippen LogP contribution in [0.4, 0.5) is 15.8 Å². The predicted octanol–water partition coefficient (Wildman–Crippen LogP) is 6.05. The van der Waals surface area contributed by atoms with E-state index in [4.69, 9.17) is 4.98 Å². The first-order valence-electron chi connectivity index (χ1n) is 10.6. The highest BCUT2D eigenvalue weighted by Gasteiger charge is 2.20. The number of amides is 1. The third-order valence-corrected chi connectivity index (χ3v) is 5.57. The lowest BCUT2D eigenvalue weighted by molar-refractivity contribution is 0.102. The van der Waals surface area contributed by atoms with E-state index in [-0.39, 0.29) is 17.8 Å². The van der Waals surface area contributed by atoms with E-state index in [2.05, 4.69) is 23.7 Å². The van der Waals surface area contributed by atoms with E-state index in [0.717, 1.165) is 22.3 Å². The third-order valence-electron chi connectivity index (χ3n) is 5.57. The van der Waals surface area contributed by atoms with Gasteiger partial charge in [0.15, 0.2) is 0 Å². The van der Waals surface area contributed by atoms with E-state index < -0.39 is 0 Å². The molecule has 0 aliphatic carbocycles. The quantitative estimate of drug-likeness (QED) is 0.419. The number of aryl methyl sites for hydroxylation is 1. The molecule has 6 heteroatoms. The van der Waals surface area contributed by atoms with Crippen LogP contribution in [0.5, 0.6) is 0 Å². The Bertz CT molecular complexity index is 1290. The fourth-order valence-electron chi connectivity index (χ4n) is 3.90. The number of rotatable bonds is 5. The van der Waals surface area contributed by atoms with Gasteiger partial charge in [0.2, 0.25) is 0 Å². The molecule has 1 heterocycles. The van der Waals surface area contributed by atoms with Gasteiger partial charge in [-0.25, -0.2) is 9.37 Å². The van der Waals surface area contributed by atoms with Gasteiger partial charge in [0.1, 0.15) is 11.6 Å². The van der Waals surface area contributed by atoms with Gasteiger partial charge in [0, 0.05) is 43.0 Å². The number of para-hydroxylation sites is 1. The fraction of sp³-hybridized carbons (Fsp3) is 0.231. The molecule has 0 atom stereocenters. The van der Waals surface area contributed by atoms with E-state index in [1.165, 1.54) is 12.1 Å². The van der Waals surface area contributed by atoms with Crippen molar-refractivity contribution in [2.24, 2.45) is 0 Å².